The van der Waals surface area contributed by atoms with Gasteiger partial charge in [-0.25, -0.2) is 0 Å². The smallest absolute Gasteiger partial charge is 0.334 e. The van der Waals surface area contributed by atoms with Crippen molar-refractivity contribution in [2.75, 3.05) is 0 Å². The van der Waals surface area contributed by atoms with E-state index in [4.69, 9.17) is 14.7 Å². The molecule has 0 fully saturated rings. The Morgan fingerprint density at radius 2 is 1.89 bits per heavy atom. The normalized spacial score (nSPS) is 16.3. The van der Waals surface area contributed by atoms with E-state index in [1.165, 1.54) is 7.48 Å². The molecule has 1 N–H and O–H groups in total. The molecule has 19 heavy (non-hydrogen) atoms. The SMILES string of the molecule is N#Cc1ccc(Oc2ccc3c(c2)C(O)O[B]3)cc1. The van der Waals surface area contributed by atoms with Crippen LogP contribution in [0.2, 0.25) is 0 Å². The number of fused-ring (bicyclic) bond motifs is 1. The third-order valence-electron chi connectivity index (χ3n) is 2.87. The fraction of sp³-hybridized carbons (Fsp3) is 0.0714. The zero-order chi connectivity index (χ0) is 13.2. The van der Waals surface area contributed by atoms with Crippen LogP contribution in [0.3, 0.4) is 0 Å². The number of rotatable bonds is 2. The van der Waals surface area contributed by atoms with Crippen LogP contribution in [0.1, 0.15) is 17.4 Å². The van der Waals surface area contributed by atoms with Crippen LogP contribution in [-0.4, -0.2) is 12.6 Å². The van der Waals surface area contributed by atoms with Crippen LogP contribution >= 0.6 is 0 Å². The molecule has 0 amide bonds. The van der Waals surface area contributed by atoms with Crippen molar-refractivity contribution < 1.29 is 14.5 Å². The third kappa shape index (κ3) is 2.32. The minimum absolute atomic E-state index is 0.583. The molecule has 1 radical (unpaired) electrons. The fourth-order valence-electron chi connectivity index (χ4n) is 1.88. The zero-order valence-corrected chi connectivity index (χ0v) is 9.91. The summed E-state index contributed by atoms with van der Waals surface area (Å²) >= 11 is 0. The number of aliphatic hydroxyl groups is 1. The highest BCUT2D eigenvalue weighted by molar-refractivity contribution is 6.49. The van der Waals surface area contributed by atoms with Crippen molar-refractivity contribution in [3.05, 3.63) is 53.6 Å². The largest absolute Gasteiger partial charge is 0.457 e. The first-order valence-electron chi connectivity index (χ1n) is 5.75. The minimum atomic E-state index is -0.931. The Bertz CT molecular complexity index is 649. The Morgan fingerprint density at radius 1 is 1.16 bits per heavy atom. The summed E-state index contributed by atoms with van der Waals surface area (Å²) in [5, 5.41) is 18.3. The maximum Gasteiger partial charge on any atom is 0.334 e. The van der Waals surface area contributed by atoms with Gasteiger partial charge >= 0.3 is 7.48 Å². The number of aliphatic hydroxyl groups excluding tert-OH is 1. The fourth-order valence-corrected chi connectivity index (χ4v) is 1.88. The van der Waals surface area contributed by atoms with E-state index < -0.39 is 6.29 Å². The van der Waals surface area contributed by atoms with E-state index in [1.807, 2.05) is 12.1 Å². The molecule has 0 saturated heterocycles. The topological polar surface area (TPSA) is 62.5 Å². The maximum absolute atomic E-state index is 9.60. The highest BCUT2D eigenvalue weighted by atomic mass is 16.6. The van der Waals surface area contributed by atoms with E-state index in [2.05, 4.69) is 0 Å². The number of nitrogens with zero attached hydrogens (tertiary/aromatic N) is 1. The predicted molar refractivity (Wildman–Crippen MR) is 69.1 cm³/mol. The molecule has 0 aromatic heterocycles. The van der Waals surface area contributed by atoms with Gasteiger partial charge in [-0.05, 0) is 41.9 Å². The van der Waals surface area contributed by atoms with Crippen LogP contribution < -0.4 is 10.2 Å². The molecule has 0 saturated carbocycles. The quantitative estimate of drug-likeness (QED) is 0.822. The highest BCUT2D eigenvalue weighted by Crippen LogP contribution is 2.26. The molecule has 3 rings (SSSR count). The van der Waals surface area contributed by atoms with E-state index in [9.17, 15) is 5.11 Å². The Balaban J connectivity index is 1.83. The van der Waals surface area contributed by atoms with E-state index >= 15 is 0 Å². The molecule has 1 heterocycles. The minimum Gasteiger partial charge on any atom is -0.457 e. The molecule has 1 aliphatic heterocycles. The standard InChI is InChI=1S/C14H9BNO3/c16-8-9-1-3-10(4-2-9)18-11-5-6-13-12(7-11)14(17)19-15-13/h1-7,14,17H. The average Bonchev–Trinajstić information content (AvgIpc) is 2.81. The van der Waals surface area contributed by atoms with E-state index in [-0.39, 0.29) is 0 Å². The summed E-state index contributed by atoms with van der Waals surface area (Å²) in [6.45, 7) is 0. The molecule has 1 atom stereocenters. The van der Waals surface area contributed by atoms with Crippen LogP contribution in [0.15, 0.2) is 42.5 Å². The summed E-state index contributed by atoms with van der Waals surface area (Å²) in [5.74, 6) is 1.25. The summed E-state index contributed by atoms with van der Waals surface area (Å²) in [7, 11) is 1.52. The molecule has 4 nitrogen and oxygen atoms in total. The summed E-state index contributed by atoms with van der Waals surface area (Å²) in [6, 6.07) is 14.2. The number of benzene rings is 2. The molecular weight excluding hydrogens is 241 g/mol. The summed E-state index contributed by atoms with van der Waals surface area (Å²) in [4.78, 5) is 0. The van der Waals surface area contributed by atoms with Gasteiger partial charge in [0.25, 0.3) is 0 Å². The maximum atomic E-state index is 9.60. The molecule has 2 aromatic rings. The molecule has 1 aliphatic rings. The molecule has 0 aliphatic carbocycles. The van der Waals surface area contributed by atoms with Gasteiger partial charge in [0.1, 0.15) is 11.5 Å². The van der Waals surface area contributed by atoms with Gasteiger partial charge < -0.3 is 14.5 Å². The number of ether oxygens (including phenoxy) is 1. The monoisotopic (exact) mass is 250 g/mol. The van der Waals surface area contributed by atoms with Crippen LogP contribution in [0.5, 0.6) is 11.5 Å². The molecule has 1 unspecified atom stereocenters. The molecule has 91 valence electrons. The van der Waals surface area contributed by atoms with Gasteiger partial charge in [0.05, 0.1) is 11.6 Å². The van der Waals surface area contributed by atoms with Crippen molar-refractivity contribution in [2.24, 2.45) is 0 Å². The van der Waals surface area contributed by atoms with Crippen LogP contribution in [-0.2, 0) is 4.65 Å². The molecule has 0 bridgehead atoms. The third-order valence-corrected chi connectivity index (χ3v) is 2.87. The van der Waals surface area contributed by atoms with Crippen LogP contribution in [0.25, 0.3) is 0 Å². The summed E-state index contributed by atoms with van der Waals surface area (Å²) in [5.41, 5.74) is 2.12. The van der Waals surface area contributed by atoms with E-state index in [0.717, 1.165) is 5.46 Å². The lowest BCUT2D eigenvalue weighted by Gasteiger charge is -2.09. The highest BCUT2D eigenvalue weighted by Gasteiger charge is 2.22. The summed E-state index contributed by atoms with van der Waals surface area (Å²) in [6.07, 6.45) is -0.931. The first-order valence-corrected chi connectivity index (χ1v) is 5.75. The number of hydrogen-bond donors (Lipinski definition) is 1. The van der Waals surface area contributed by atoms with Gasteiger partial charge in [-0.2, -0.15) is 5.26 Å². The Kier molecular flexibility index (Phi) is 2.96. The van der Waals surface area contributed by atoms with E-state index in [0.29, 0.717) is 22.6 Å². The van der Waals surface area contributed by atoms with Crippen molar-refractivity contribution in [3.63, 3.8) is 0 Å². The van der Waals surface area contributed by atoms with Gasteiger partial charge in [0.2, 0.25) is 0 Å². The molecule has 2 aromatic carbocycles. The van der Waals surface area contributed by atoms with Gasteiger partial charge in [-0.1, -0.05) is 6.07 Å². The first kappa shape index (κ1) is 11.8. The first-order chi connectivity index (χ1) is 9.26. The summed E-state index contributed by atoms with van der Waals surface area (Å²) < 4.78 is 10.7. The molecule has 5 heteroatoms. The van der Waals surface area contributed by atoms with Gasteiger partial charge in [0, 0.05) is 5.56 Å². The second-order valence-electron chi connectivity index (χ2n) is 4.14. The van der Waals surface area contributed by atoms with Crippen molar-refractivity contribution in [2.45, 2.75) is 6.29 Å². The molecule has 0 spiro atoms. The second kappa shape index (κ2) is 4.77. The predicted octanol–water partition coefficient (Wildman–Crippen LogP) is 1.62. The Labute approximate surface area is 111 Å². The number of nitriles is 1. The van der Waals surface area contributed by atoms with Gasteiger partial charge in [0.15, 0.2) is 6.29 Å². The number of hydrogen-bond acceptors (Lipinski definition) is 4. The van der Waals surface area contributed by atoms with Crippen LogP contribution in [0, 0.1) is 11.3 Å². The lowest BCUT2D eigenvalue weighted by molar-refractivity contribution is -0.00804. The lowest BCUT2D eigenvalue weighted by Crippen LogP contribution is -2.10. The Hall–Kier alpha value is -2.29. The van der Waals surface area contributed by atoms with Crippen molar-refractivity contribution in [1.29, 1.82) is 5.26 Å². The van der Waals surface area contributed by atoms with Gasteiger partial charge in [-0.15, -0.1) is 0 Å². The zero-order valence-electron chi connectivity index (χ0n) is 9.91. The van der Waals surface area contributed by atoms with E-state index in [1.54, 1.807) is 36.4 Å². The Morgan fingerprint density at radius 3 is 2.63 bits per heavy atom. The van der Waals surface area contributed by atoms with Crippen LogP contribution in [0.4, 0.5) is 0 Å². The van der Waals surface area contributed by atoms with Crippen molar-refractivity contribution in [1.82, 2.24) is 0 Å². The second-order valence-corrected chi connectivity index (χ2v) is 4.14. The average molecular weight is 250 g/mol. The van der Waals surface area contributed by atoms with Crippen molar-refractivity contribution >= 4 is 12.9 Å². The lowest BCUT2D eigenvalue weighted by atomic mass is 9.87. The van der Waals surface area contributed by atoms with Gasteiger partial charge in [-0.3, -0.25) is 0 Å². The molecular formula is C14H9BNO3. The van der Waals surface area contributed by atoms with Crippen molar-refractivity contribution in [3.8, 4) is 17.6 Å².